The normalized spacial score (nSPS) is 16.9. The number of phenolic OH excluding ortho intramolecular Hbond substituents is 3. The van der Waals surface area contributed by atoms with Crippen molar-refractivity contribution in [2.24, 2.45) is 0 Å². The Labute approximate surface area is 132 Å². The molecule has 1 aliphatic rings. The predicted octanol–water partition coefficient (Wildman–Crippen LogP) is 2.20. The number of phenols is 3. The highest BCUT2D eigenvalue weighted by Gasteiger charge is 2.24. The number of hydrogen-bond acceptors (Lipinski definition) is 5. The van der Waals surface area contributed by atoms with Gasteiger partial charge in [-0.05, 0) is 34.9 Å². The summed E-state index contributed by atoms with van der Waals surface area (Å²) in [5.74, 6) is -0.169. The highest BCUT2D eigenvalue weighted by molar-refractivity contribution is 8.93. The number of fused-ring (bicyclic) bond motifs is 1. The second-order valence-electron chi connectivity index (χ2n) is 5.00. The van der Waals surface area contributed by atoms with Gasteiger partial charge < -0.3 is 26.4 Å². The lowest BCUT2D eigenvalue weighted by atomic mass is 9.84. The Bertz CT molecular complexity index is 676. The second kappa shape index (κ2) is 5.83. The second-order valence-corrected chi connectivity index (χ2v) is 5.00. The molecule has 0 saturated heterocycles. The van der Waals surface area contributed by atoms with Crippen molar-refractivity contribution < 1.29 is 15.3 Å². The van der Waals surface area contributed by atoms with Gasteiger partial charge in [-0.2, -0.15) is 0 Å². The number of nitrogen functional groups attached to an aromatic ring is 1. The van der Waals surface area contributed by atoms with Gasteiger partial charge in [0.05, 0.1) is 5.69 Å². The van der Waals surface area contributed by atoms with Crippen LogP contribution >= 0.6 is 17.0 Å². The Hall–Kier alpha value is -1.92. The topological polar surface area (TPSA) is 98.7 Å². The SMILES string of the molecule is Br.Nc1c(O)ccc2c1CNCC2c1ccc(O)c(O)c1. The lowest BCUT2D eigenvalue weighted by Crippen LogP contribution is -2.29. The Balaban J connectivity index is 0.00000161. The number of nitrogens with one attached hydrogen (secondary N) is 1. The van der Waals surface area contributed by atoms with Gasteiger partial charge >= 0.3 is 0 Å². The maximum absolute atomic E-state index is 9.69. The van der Waals surface area contributed by atoms with Crippen LogP contribution in [0.5, 0.6) is 17.2 Å². The molecule has 0 fully saturated rings. The highest BCUT2D eigenvalue weighted by atomic mass is 79.9. The van der Waals surface area contributed by atoms with Crippen LogP contribution in [-0.2, 0) is 6.54 Å². The number of rotatable bonds is 1. The standard InChI is InChI=1S/C15H16N2O3.BrH/c16-15-11-7-17-6-10(9(11)2-4-13(15)19)8-1-3-12(18)14(20)5-8;/h1-5,10,17-20H,6-7,16H2;1H. The fraction of sp³-hybridized carbons (Fsp3) is 0.200. The van der Waals surface area contributed by atoms with E-state index in [1.54, 1.807) is 18.2 Å². The van der Waals surface area contributed by atoms with Crippen molar-refractivity contribution in [1.29, 1.82) is 0 Å². The van der Waals surface area contributed by atoms with Crippen LogP contribution in [0.4, 0.5) is 5.69 Å². The Morgan fingerprint density at radius 3 is 2.43 bits per heavy atom. The van der Waals surface area contributed by atoms with Gasteiger partial charge in [0.15, 0.2) is 11.5 Å². The lowest BCUT2D eigenvalue weighted by Gasteiger charge is -2.28. The van der Waals surface area contributed by atoms with Gasteiger partial charge in [0, 0.05) is 19.0 Å². The number of benzene rings is 2. The molecule has 0 spiro atoms. The summed E-state index contributed by atoms with van der Waals surface area (Å²) in [5.41, 5.74) is 9.11. The summed E-state index contributed by atoms with van der Waals surface area (Å²) < 4.78 is 0. The van der Waals surface area contributed by atoms with Crippen LogP contribution < -0.4 is 11.1 Å². The summed E-state index contributed by atoms with van der Waals surface area (Å²) >= 11 is 0. The maximum Gasteiger partial charge on any atom is 0.157 e. The average Bonchev–Trinajstić information content (AvgIpc) is 2.45. The van der Waals surface area contributed by atoms with Crippen LogP contribution in [-0.4, -0.2) is 21.9 Å². The van der Waals surface area contributed by atoms with Crippen LogP contribution in [0.2, 0.25) is 0 Å². The first-order valence-corrected chi connectivity index (χ1v) is 6.40. The molecule has 0 bridgehead atoms. The zero-order chi connectivity index (χ0) is 14.3. The minimum Gasteiger partial charge on any atom is -0.506 e. The number of anilines is 1. The summed E-state index contributed by atoms with van der Waals surface area (Å²) in [6.07, 6.45) is 0. The Kier molecular flexibility index (Phi) is 4.29. The molecule has 112 valence electrons. The molecule has 3 rings (SSSR count). The molecule has 0 radical (unpaired) electrons. The molecule has 0 saturated carbocycles. The van der Waals surface area contributed by atoms with Crippen molar-refractivity contribution in [3.63, 3.8) is 0 Å². The van der Waals surface area contributed by atoms with E-state index < -0.39 is 0 Å². The lowest BCUT2D eigenvalue weighted by molar-refractivity contribution is 0.402. The molecule has 0 amide bonds. The number of halogens is 1. The fourth-order valence-corrected chi connectivity index (χ4v) is 2.70. The molecule has 1 aliphatic heterocycles. The van der Waals surface area contributed by atoms with E-state index in [9.17, 15) is 15.3 Å². The fourth-order valence-electron chi connectivity index (χ4n) is 2.70. The summed E-state index contributed by atoms with van der Waals surface area (Å²) in [4.78, 5) is 0. The van der Waals surface area contributed by atoms with E-state index in [0.29, 0.717) is 18.8 Å². The largest absolute Gasteiger partial charge is 0.506 e. The number of hydrogen-bond donors (Lipinski definition) is 5. The van der Waals surface area contributed by atoms with Crippen LogP contribution in [0.1, 0.15) is 22.6 Å². The molecular weight excluding hydrogens is 336 g/mol. The van der Waals surface area contributed by atoms with E-state index in [0.717, 1.165) is 16.7 Å². The van der Waals surface area contributed by atoms with Gasteiger partial charge in [0.25, 0.3) is 0 Å². The summed E-state index contributed by atoms with van der Waals surface area (Å²) in [5, 5.41) is 32.0. The van der Waals surface area contributed by atoms with Gasteiger partial charge in [-0.3, -0.25) is 0 Å². The molecule has 5 nitrogen and oxygen atoms in total. The van der Waals surface area contributed by atoms with E-state index in [1.807, 2.05) is 6.07 Å². The molecular formula is C15H17BrN2O3. The minimum absolute atomic E-state index is 0. The molecule has 6 N–H and O–H groups in total. The van der Waals surface area contributed by atoms with Crippen LogP contribution in [0.3, 0.4) is 0 Å². The monoisotopic (exact) mass is 352 g/mol. The third-order valence-corrected chi connectivity index (χ3v) is 3.80. The molecule has 21 heavy (non-hydrogen) atoms. The molecule has 2 aromatic carbocycles. The van der Waals surface area contributed by atoms with E-state index in [-0.39, 0.29) is 40.1 Å². The smallest absolute Gasteiger partial charge is 0.157 e. The van der Waals surface area contributed by atoms with E-state index in [4.69, 9.17) is 5.73 Å². The number of nitrogens with two attached hydrogens (primary N) is 1. The highest BCUT2D eigenvalue weighted by Crippen LogP contribution is 2.38. The third kappa shape index (κ3) is 2.64. The number of aromatic hydroxyl groups is 3. The summed E-state index contributed by atoms with van der Waals surface area (Å²) in [6.45, 7) is 1.32. The predicted molar refractivity (Wildman–Crippen MR) is 86.2 cm³/mol. The molecule has 1 atom stereocenters. The van der Waals surface area contributed by atoms with Crippen molar-refractivity contribution in [3.05, 3.63) is 47.0 Å². The first-order valence-electron chi connectivity index (χ1n) is 6.40. The van der Waals surface area contributed by atoms with E-state index in [2.05, 4.69) is 5.32 Å². The zero-order valence-corrected chi connectivity index (χ0v) is 12.9. The molecule has 0 aromatic heterocycles. The van der Waals surface area contributed by atoms with Crippen LogP contribution in [0.15, 0.2) is 30.3 Å². The van der Waals surface area contributed by atoms with Crippen molar-refractivity contribution in [3.8, 4) is 17.2 Å². The van der Waals surface area contributed by atoms with Crippen molar-refractivity contribution in [1.82, 2.24) is 5.32 Å². The van der Waals surface area contributed by atoms with Crippen molar-refractivity contribution >= 4 is 22.7 Å². The van der Waals surface area contributed by atoms with Gasteiger partial charge in [0.1, 0.15) is 5.75 Å². The molecule has 1 unspecified atom stereocenters. The van der Waals surface area contributed by atoms with Gasteiger partial charge in [-0.15, -0.1) is 17.0 Å². The summed E-state index contributed by atoms with van der Waals surface area (Å²) in [7, 11) is 0. The maximum atomic E-state index is 9.69. The first kappa shape index (κ1) is 15.5. The molecule has 2 aromatic rings. The zero-order valence-electron chi connectivity index (χ0n) is 11.2. The average molecular weight is 353 g/mol. The van der Waals surface area contributed by atoms with E-state index >= 15 is 0 Å². The van der Waals surface area contributed by atoms with Gasteiger partial charge in [-0.1, -0.05) is 12.1 Å². The molecule has 6 heteroatoms. The Morgan fingerprint density at radius 2 is 1.71 bits per heavy atom. The quantitative estimate of drug-likeness (QED) is 0.400. The van der Waals surface area contributed by atoms with Gasteiger partial charge in [-0.25, -0.2) is 0 Å². The first-order chi connectivity index (χ1) is 9.58. The van der Waals surface area contributed by atoms with Gasteiger partial charge in [0.2, 0.25) is 0 Å². The molecule has 0 aliphatic carbocycles. The Morgan fingerprint density at radius 1 is 1.00 bits per heavy atom. The van der Waals surface area contributed by atoms with Crippen molar-refractivity contribution in [2.45, 2.75) is 12.5 Å². The van der Waals surface area contributed by atoms with Crippen LogP contribution in [0.25, 0.3) is 0 Å². The minimum atomic E-state index is -0.138. The van der Waals surface area contributed by atoms with E-state index in [1.165, 1.54) is 6.07 Å². The third-order valence-electron chi connectivity index (χ3n) is 3.80. The molecule has 1 heterocycles. The van der Waals surface area contributed by atoms with Crippen molar-refractivity contribution in [2.75, 3.05) is 12.3 Å². The van der Waals surface area contributed by atoms with Crippen LogP contribution in [0, 0.1) is 0 Å². The summed E-state index contributed by atoms with van der Waals surface area (Å²) in [6, 6.07) is 8.26.